The van der Waals surface area contributed by atoms with E-state index in [1.54, 1.807) is 0 Å². The van der Waals surface area contributed by atoms with Gasteiger partial charge in [0.05, 0.1) is 12.1 Å². The third kappa shape index (κ3) is 4.64. The number of aliphatic hydroxyl groups excluding tert-OH is 1. The number of alkyl halides is 3. The minimum absolute atomic E-state index is 0.0660. The predicted molar refractivity (Wildman–Crippen MR) is 61.9 cm³/mol. The number of carbonyl (C=O) groups excluding carboxylic acids is 1. The summed E-state index contributed by atoms with van der Waals surface area (Å²) in [6, 6.07) is 0.0660. The fourth-order valence-electron chi connectivity index (χ4n) is 2.21. The Kier molecular flexibility index (Phi) is 5.75. The molecule has 2 aliphatic rings. The lowest BCUT2D eigenvalue weighted by Gasteiger charge is -2.35. The first-order valence-corrected chi connectivity index (χ1v) is 6.22. The molecule has 0 radical (unpaired) electrons. The van der Waals surface area contributed by atoms with Gasteiger partial charge in [-0.05, 0) is 19.4 Å². The second-order valence-electron chi connectivity index (χ2n) is 4.62. The molecule has 0 saturated carbocycles. The van der Waals surface area contributed by atoms with Crippen LogP contribution >= 0.6 is 0 Å². The number of aliphatic carboxylic acids is 1. The van der Waals surface area contributed by atoms with Gasteiger partial charge in [-0.3, -0.25) is 4.79 Å². The maximum atomic E-state index is 11.4. The Labute approximate surface area is 113 Å². The topological polar surface area (TPSA) is 89.9 Å². The SMILES string of the molecule is O=C(O)C(F)(F)F.O=C1CCCN1[C@H]1CCNC[C@H]1O. The number of nitrogens with zero attached hydrogens (tertiary/aromatic N) is 1. The molecule has 20 heavy (non-hydrogen) atoms. The summed E-state index contributed by atoms with van der Waals surface area (Å²) in [5.41, 5.74) is 0. The van der Waals surface area contributed by atoms with Crippen molar-refractivity contribution in [3.63, 3.8) is 0 Å². The van der Waals surface area contributed by atoms with Crippen LogP contribution < -0.4 is 5.32 Å². The minimum Gasteiger partial charge on any atom is -0.475 e. The Morgan fingerprint density at radius 3 is 2.40 bits per heavy atom. The third-order valence-electron chi connectivity index (χ3n) is 3.17. The Morgan fingerprint density at radius 1 is 1.40 bits per heavy atom. The van der Waals surface area contributed by atoms with Crippen molar-refractivity contribution in [2.24, 2.45) is 0 Å². The number of hydrogen-bond acceptors (Lipinski definition) is 4. The van der Waals surface area contributed by atoms with E-state index in [-0.39, 0.29) is 18.1 Å². The van der Waals surface area contributed by atoms with Crippen LogP contribution in [-0.4, -0.2) is 64.9 Å². The highest BCUT2D eigenvalue weighted by Crippen LogP contribution is 2.19. The second-order valence-corrected chi connectivity index (χ2v) is 4.62. The Balaban J connectivity index is 0.000000246. The van der Waals surface area contributed by atoms with Crippen molar-refractivity contribution in [3.8, 4) is 0 Å². The molecule has 2 fully saturated rings. The summed E-state index contributed by atoms with van der Waals surface area (Å²) in [6.45, 7) is 2.36. The predicted octanol–water partition coefficient (Wildman–Crippen LogP) is -0.0351. The largest absolute Gasteiger partial charge is 0.490 e. The van der Waals surface area contributed by atoms with Crippen LogP contribution in [-0.2, 0) is 9.59 Å². The number of rotatable bonds is 1. The molecule has 116 valence electrons. The number of halogens is 3. The average Bonchev–Trinajstić information content (AvgIpc) is 2.75. The normalized spacial score (nSPS) is 27.0. The van der Waals surface area contributed by atoms with E-state index in [2.05, 4.69) is 5.32 Å². The van der Waals surface area contributed by atoms with Crippen LogP contribution in [0, 0.1) is 0 Å². The van der Waals surface area contributed by atoms with Crippen molar-refractivity contribution in [2.75, 3.05) is 19.6 Å². The van der Waals surface area contributed by atoms with Crippen molar-refractivity contribution in [1.29, 1.82) is 0 Å². The highest BCUT2D eigenvalue weighted by molar-refractivity contribution is 5.78. The first-order chi connectivity index (χ1) is 9.23. The summed E-state index contributed by atoms with van der Waals surface area (Å²) in [7, 11) is 0. The zero-order valence-electron chi connectivity index (χ0n) is 10.7. The lowest BCUT2D eigenvalue weighted by Crippen LogP contribution is -2.53. The molecule has 2 rings (SSSR count). The average molecular weight is 298 g/mol. The number of likely N-dealkylation sites (tertiary alicyclic amines) is 1. The number of nitrogens with one attached hydrogen (secondary N) is 1. The van der Waals surface area contributed by atoms with Crippen LogP contribution in [0.1, 0.15) is 19.3 Å². The van der Waals surface area contributed by atoms with Crippen LogP contribution in [0.5, 0.6) is 0 Å². The van der Waals surface area contributed by atoms with Crippen molar-refractivity contribution in [2.45, 2.75) is 37.6 Å². The number of aliphatic hydroxyl groups is 1. The van der Waals surface area contributed by atoms with E-state index in [1.165, 1.54) is 0 Å². The van der Waals surface area contributed by atoms with Gasteiger partial charge in [-0.2, -0.15) is 13.2 Å². The van der Waals surface area contributed by atoms with Gasteiger partial charge in [0.1, 0.15) is 0 Å². The molecule has 1 amide bonds. The lowest BCUT2D eigenvalue weighted by atomic mass is 10.0. The van der Waals surface area contributed by atoms with Crippen LogP contribution in [0.15, 0.2) is 0 Å². The minimum atomic E-state index is -5.08. The first-order valence-electron chi connectivity index (χ1n) is 6.22. The van der Waals surface area contributed by atoms with Crippen LogP contribution in [0.25, 0.3) is 0 Å². The summed E-state index contributed by atoms with van der Waals surface area (Å²) in [5, 5.41) is 19.9. The zero-order chi connectivity index (χ0) is 15.3. The van der Waals surface area contributed by atoms with Crippen molar-refractivity contribution in [1.82, 2.24) is 10.2 Å². The summed E-state index contributed by atoms with van der Waals surface area (Å²) in [6.07, 6.45) is -2.96. The molecule has 6 nitrogen and oxygen atoms in total. The molecule has 0 aromatic rings. The lowest BCUT2D eigenvalue weighted by molar-refractivity contribution is -0.192. The van der Waals surface area contributed by atoms with Gasteiger partial charge in [-0.1, -0.05) is 0 Å². The molecular weight excluding hydrogens is 281 g/mol. The van der Waals surface area contributed by atoms with Crippen LogP contribution in [0.2, 0.25) is 0 Å². The van der Waals surface area contributed by atoms with Crippen molar-refractivity contribution in [3.05, 3.63) is 0 Å². The Hall–Kier alpha value is -1.35. The number of amides is 1. The van der Waals surface area contributed by atoms with Gasteiger partial charge < -0.3 is 20.4 Å². The molecule has 0 aromatic heterocycles. The van der Waals surface area contributed by atoms with E-state index in [1.807, 2.05) is 4.90 Å². The van der Waals surface area contributed by atoms with Crippen molar-refractivity contribution >= 4 is 11.9 Å². The number of piperidine rings is 1. The number of hydrogen-bond donors (Lipinski definition) is 3. The van der Waals surface area contributed by atoms with E-state index in [4.69, 9.17) is 9.90 Å². The molecule has 0 aliphatic carbocycles. The fraction of sp³-hybridized carbons (Fsp3) is 0.818. The molecule has 2 atom stereocenters. The summed E-state index contributed by atoms with van der Waals surface area (Å²) < 4.78 is 31.7. The van der Waals surface area contributed by atoms with Gasteiger partial charge in [0.15, 0.2) is 0 Å². The summed E-state index contributed by atoms with van der Waals surface area (Å²) >= 11 is 0. The van der Waals surface area contributed by atoms with Gasteiger partial charge in [-0.15, -0.1) is 0 Å². The molecule has 0 unspecified atom stereocenters. The highest BCUT2D eigenvalue weighted by atomic mass is 19.4. The molecule has 3 N–H and O–H groups in total. The standard InChI is InChI=1S/C9H16N2O2.C2HF3O2/c12-8-6-10-4-3-7(8)11-5-1-2-9(11)13;3-2(4,5)1(6)7/h7-8,10,12H,1-6H2;(H,6,7)/t7-,8+;/m0./s1. The smallest absolute Gasteiger partial charge is 0.475 e. The summed E-state index contributed by atoms with van der Waals surface area (Å²) in [4.78, 5) is 22.2. The molecule has 2 heterocycles. The quantitative estimate of drug-likeness (QED) is 0.632. The van der Waals surface area contributed by atoms with E-state index >= 15 is 0 Å². The van der Waals surface area contributed by atoms with Gasteiger partial charge in [0, 0.05) is 19.5 Å². The molecule has 0 spiro atoms. The van der Waals surface area contributed by atoms with E-state index in [0.29, 0.717) is 13.0 Å². The number of β-amino-alcohol motifs (C(OH)–C–C–N with tert-alkyl or cyclic N) is 1. The molecule has 2 aliphatic heterocycles. The van der Waals surface area contributed by atoms with Gasteiger partial charge in [-0.25, -0.2) is 4.79 Å². The van der Waals surface area contributed by atoms with Gasteiger partial charge in [0.2, 0.25) is 5.91 Å². The van der Waals surface area contributed by atoms with Gasteiger partial charge in [0.25, 0.3) is 0 Å². The number of carboxylic acid groups (broad SMARTS) is 1. The molecular formula is C11H17F3N2O4. The monoisotopic (exact) mass is 298 g/mol. The third-order valence-corrected chi connectivity index (χ3v) is 3.17. The molecule has 9 heteroatoms. The second kappa shape index (κ2) is 6.89. The van der Waals surface area contributed by atoms with Gasteiger partial charge >= 0.3 is 12.1 Å². The maximum absolute atomic E-state index is 11.4. The molecule has 2 saturated heterocycles. The summed E-state index contributed by atoms with van der Waals surface area (Å²) in [5.74, 6) is -2.54. The molecule has 0 aromatic carbocycles. The zero-order valence-corrected chi connectivity index (χ0v) is 10.7. The van der Waals surface area contributed by atoms with Crippen LogP contribution in [0.3, 0.4) is 0 Å². The Bertz CT molecular complexity index is 362. The van der Waals surface area contributed by atoms with Crippen LogP contribution in [0.4, 0.5) is 13.2 Å². The maximum Gasteiger partial charge on any atom is 0.490 e. The molecule has 0 bridgehead atoms. The highest BCUT2D eigenvalue weighted by Gasteiger charge is 2.38. The number of carbonyl (C=O) groups is 2. The van der Waals surface area contributed by atoms with E-state index in [0.717, 1.165) is 25.9 Å². The fourth-order valence-corrected chi connectivity index (χ4v) is 2.21. The van der Waals surface area contributed by atoms with E-state index < -0.39 is 12.1 Å². The first kappa shape index (κ1) is 16.7. The Morgan fingerprint density at radius 2 is 2.00 bits per heavy atom. The van der Waals surface area contributed by atoms with E-state index in [9.17, 15) is 23.1 Å². The number of carboxylic acids is 1. The van der Waals surface area contributed by atoms with Crippen molar-refractivity contribution < 1.29 is 33.0 Å².